The fraction of sp³-hybridized carbons (Fsp3) is 0.261. The van der Waals surface area contributed by atoms with E-state index in [4.69, 9.17) is 27.9 Å². The number of anilines is 4. The van der Waals surface area contributed by atoms with Gasteiger partial charge >= 0.3 is 0 Å². The number of amides is 1. The Morgan fingerprint density at radius 3 is 2.64 bits per heavy atom. The lowest BCUT2D eigenvalue weighted by atomic mass is 10.2. The van der Waals surface area contributed by atoms with E-state index in [9.17, 15) is 4.79 Å². The Labute approximate surface area is 201 Å². The van der Waals surface area contributed by atoms with E-state index >= 15 is 0 Å². The highest BCUT2D eigenvalue weighted by Gasteiger charge is 2.31. The predicted octanol–water partition coefficient (Wildman–Crippen LogP) is 4.32. The molecule has 3 heterocycles. The fourth-order valence-corrected chi connectivity index (χ4v) is 4.58. The predicted molar refractivity (Wildman–Crippen MR) is 130 cm³/mol. The first-order chi connectivity index (χ1) is 16.0. The monoisotopic (exact) mass is 484 g/mol. The zero-order chi connectivity index (χ0) is 22.9. The molecule has 2 aromatic carbocycles. The summed E-state index contributed by atoms with van der Waals surface area (Å²) in [6.07, 6.45) is 1.44. The van der Waals surface area contributed by atoms with Crippen molar-refractivity contribution in [2.24, 2.45) is 0 Å². The Morgan fingerprint density at radius 2 is 1.91 bits per heavy atom. The highest BCUT2D eigenvalue weighted by Crippen LogP contribution is 2.37. The number of aromatic nitrogens is 2. The molecule has 1 saturated heterocycles. The molecule has 1 aromatic heterocycles. The first-order valence-electron chi connectivity index (χ1n) is 10.6. The normalized spacial score (nSPS) is 18.0. The van der Waals surface area contributed by atoms with Gasteiger partial charge in [0.2, 0.25) is 11.8 Å². The van der Waals surface area contributed by atoms with Crippen molar-refractivity contribution in [2.45, 2.75) is 13.0 Å². The van der Waals surface area contributed by atoms with Crippen LogP contribution in [0.25, 0.3) is 0 Å². The van der Waals surface area contributed by atoms with Crippen LogP contribution in [0.3, 0.4) is 0 Å². The number of nitrogens with one attached hydrogen (secondary N) is 2. The van der Waals surface area contributed by atoms with E-state index in [-0.39, 0.29) is 24.1 Å². The average molecular weight is 485 g/mol. The zero-order valence-electron chi connectivity index (χ0n) is 17.9. The van der Waals surface area contributed by atoms with Crippen LogP contribution in [0.15, 0.2) is 48.7 Å². The van der Waals surface area contributed by atoms with Crippen LogP contribution in [0.2, 0.25) is 10.0 Å². The Morgan fingerprint density at radius 1 is 1.15 bits per heavy atom. The number of benzene rings is 2. The zero-order valence-corrected chi connectivity index (χ0v) is 19.4. The minimum Gasteiger partial charge on any atom is -0.455 e. The van der Waals surface area contributed by atoms with Gasteiger partial charge in [0.05, 0.1) is 15.7 Å². The Balaban J connectivity index is 1.31. The summed E-state index contributed by atoms with van der Waals surface area (Å²) in [6, 6.07) is 13.6. The van der Waals surface area contributed by atoms with Gasteiger partial charge in [-0.2, -0.15) is 4.98 Å². The molecule has 0 spiro atoms. The van der Waals surface area contributed by atoms with E-state index in [0.29, 0.717) is 27.7 Å². The Bertz CT molecular complexity index is 1170. The van der Waals surface area contributed by atoms with Gasteiger partial charge in [0.25, 0.3) is 5.91 Å². The van der Waals surface area contributed by atoms with Crippen molar-refractivity contribution in [3.63, 3.8) is 0 Å². The maximum atomic E-state index is 13.0. The Kier molecular flexibility index (Phi) is 5.97. The topological polar surface area (TPSA) is 82.6 Å². The summed E-state index contributed by atoms with van der Waals surface area (Å²) in [5, 5.41) is 7.34. The summed E-state index contributed by atoms with van der Waals surface area (Å²) in [7, 11) is 0. The molecule has 5 rings (SSSR count). The number of rotatable bonds is 4. The molecule has 33 heavy (non-hydrogen) atoms. The van der Waals surface area contributed by atoms with Crippen LogP contribution in [0.4, 0.5) is 23.0 Å². The van der Waals surface area contributed by atoms with Gasteiger partial charge in [0, 0.05) is 43.2 Å². The van der Waals surface area contributed by atoms with Crippen molar-refractivity contribution in [1.29, 1.82) is 0 Å². The second-order valence-electron chi connectivity index (χ2n) is 7.96. The van der Waals surface area contributed by atoms with E-state index in [1.165, 1.54) is 16.8 Å². The number of hydrogen-bond acceptors (Lipinski definition) is 7. The van der Waals surface area contributed by atoms with Crippen molar-refractivity contribution in [3.8, 4) is 5.88 Å². The minimum absolute atomic E-state index is 0.0520. The summed E-state index contributed by atoms with van der Waals surface area (Å²) in [4.78, 5) is 25.4. The molecule has 2 N–H and O–H groups in total. The van der Waals surface area contributed by atoms with Crippen molar-refractivity contribution in [2.75, 3.05) is 41.5 Å². The number of carbonyl (C=O) groups is 1. The highest BCUT2D eigenvalue weighted by atomic mass is 35.5. The largest absolute Gasteiger partial charge is 0.455 e. The Hall–Kier alpha value is -3.07. The molecular formula is C23H22Cl2N6O2. The number of halogens is 2. The van der Waals surface area contributed by atoms with Gasteiger partial charge in [-0.05, 0) is 43.3 Å². The first kappa shape index (κ1) is 21.8. The number of piperazine rings is 1. The number of nitrogens with zero attached hydrogens (tertiary/aromatic N) is 4. The van der Waals surface area contributed by atoms with Crippen LogP contribution in [0.1, 0.15) is 17.3 Å². The van der Waals surface area contributed by atoms with Crippen LogP contribution in [-0.4, -0.2) is 48.3 Å². The molecule has 10 heteroatoms. The molecule has 2 aliphatic heterocycles. The summed E-state index contributed by atoms with van der Waals surface area (Å²) in [5.74, 6) is 0.227. The summed E-state index contributed by atoms with van der Waals surface area (Å²) < 4.78 is 5.74. The third-order valence-electron chi connectivity index (χ3n) is 5.62. The van der Waals surface area contributed by atoms with Crippen molar-refractivity contribution in [3.05, 3.63) is 64.3 Å². The van der Waals surface area contributed by atoms with Gasteiger partial charge in [-0.25, -0.2) is 4.98 Å². The molecule has 0 unspecified atom stereocenters. The fourth-order valence-electron chi connectivity index (χ4n) is 3.98. The SMILES string of the molecule is C[C@@H]1CN(c2ccc(Nc3ncc4c(n3)OCN(c3c(Cl)cccc3Cl)C4=O)cc2)CCN1. The molecule has 1 fully saturated rings. The quantitative estimate of drug-likeness (QED) is 0.570. The summed E-state index contributed by atoms with van der Waals surface area (Å²) in [6.45, 7) is 5.06. The van der Waals surface area contributed by atoms with Crippen LogP contribution < -0.4 is 25.2 Å². The second-order valence-corrected chi connectivity index (χ2v) is 8.78. The number of carbonyl (C=O) groups excluding carboxylic acids is 1. The molecule has 0 bridgehead atoms. The van der Waals surface area contributed by atoms with Crippen LogP contribution in [-0.2, 0) is 0 Å². The van der Waals surface area contributed by atoms with Gasteiger partial charge in [-0.3, -0.25) is 9.69 Å². The standard InChI is InChI=1S/C23H22Cl2N6O2/c1-14-12-30(10-9-26-14)16-7-5-15(6-8-16)28-23-27-11-17-21(29-23)33-13-31(22(17)32)20-18(24)3-2-4-19(20)25/h2-8,11,14,26H,9-10,12-13H2,1H3,(H,27,28,29)/t14-/m1/s1. The summed E-state index contributed by atoms with van der Waals surface area (Å²) >= 11 is 12.5. The molecule has 8 nitrogen and oxygen atoms in total. The van der Waals surface area contributed by atoms with E-state index < -0.39 is 0 Å². The maximum absolute atomic E-state index is 13.0. The first-order valence-corrected chi connectivity index (χ1v) is 11.4. The van der Waals surface area contributed by atoms with Crippen LogP contribution in [0, 0.1) is 0 Å². The van der Waals surface area contributed by atoms with Gasteiger partial charge in [0.1, 0.15) is 5.56 Å². The van der Waals surface area contributed by atoms with Gasteiger partial charge < -0.3 is 20.3 Å². The summed E-state index contributed by atoms with van der Waals surface area (Å²) in [5.41, 5.74) is 2.66. The number of hydrogen-bond donors (Lipinski definition) is 2. The molecular weight excluding hydrogens is 463 g/mol. The lowest BCUT2D eigenvalue weighted by molar-refractivity contribution is 0.0932. The van der Waals surface area contributed by atoms with E-state index in [2.05, 4.69) is 44.6 Å². The molecule has 1 atom stereocenters. The molecule has 1 amide bonds. The highest BCUT2D eigenvalue weighted by molar-refractivity contribution is 6.40. The van der Waals surface area contributed by atoms with Crippen LogP contribution >= 0.6 is 23.2 Å². The van der Waals surface area contributed by atoms with Gasteiger partial charge in [-0.15, -0.1) is 0 Å². The van der Waals surface area contributed by atoms with Crippen molar-refractivity contribution < 1.29 is 9.53 Å². The molecule has 0 saturated carbocycles. The van der Waals surface area contributed by atoms with Crippen molar-refractivity contribution >= 4 is 52.1 Å². The maximum Gasteiger partial charge on any atom is 0.268 e. The third-order valence-corrected chi connectivity index (χ3v) is 6.23. The minimum atomic E-state index is -0.326. The second kappa shape index (κ2) is 9.05. The molecule has 0 aliphatic carbocycles. The van der Waals surface area contributed by atoms with E-state index in [0.717, 1.165) is 25.3 Å². The number of para-hydroxylation sites is 1. The van der Waals surface area contributed by atoms with Gasteiger partial charge in [0.15, 0.2) is 6.73 Å². The molecule has 170 valence electrons. The van der Waals surface area contributed by atoms with E-state index in [1.807, 2.05) is 12.1 Å². The number of ether oxygens (including phenoxy) is 1. The lowest BCUT2D eigenvalue weighted by Gasteiger charge is -2.33. The van der Waals surface area contributed by atoms with Crippen molar-refractivity contribution in [1.82, 2.24) is 15.3 Å². The molecule has 2 aliphatic rings. The van der Waals surface area contributed by atoms with Gasteiger partial charge in [-0.1, -0.05) is 29.3 Å². The smallest absolute Gasteiger partial charge is 0.268 e. The average Bonchev–Trinajstić information content (AvgIpc) is 2.81. The molecule has 3 aromatic rings. The number of fused-ring (bicyclic) bond motifs is 1. The van der Waals surface area contributed by atoms with E-state index in [1.54, 1.807) is 18.2 Å². The lowest BCUT2D eigenvalue weighted by Crippen LogP contribution is -2.49. The molecule has 0 radical (unpaired) electrons. The van der Waals surface area contributed by atoms with Crippen LogP contribution in [0.5, 0.6) is 5.88 Å². The third kappa shape index (κ3) is 4.42.